The fourth-order valence-electron chi connectivity index (χ4n) is 8.88. The smallest absolute Gasteiger partial charge is 0.310 e. The van der Waals surface area contributed by atoms with Crippen LogP contribution in [0, 0.1) is 51.2 Å². The zero-order chi connectivity index (χ0) is 25.0. The molecule has 0 saturated heterocycles. The highest BCUT2D eigenvalue weighted by Gasteiger charge is 2.72. The van der Waals surface area contributed by atoms with Crippen LogP contribution in [0.4, 0.5) is 8.78 Å². The van der Waals surface area contributed by atoms with E-state index in [4.69, 9.17) is 4.74 Å². The van der Waals surface area contributed by atoms with E-state index in [2.05, 4.69) is 0 Å². The van der Waals surface area contributed by atoms with E-state index in [1.165, 1.54) is 0 Å². The van der Waals surface area contributed by atoms with Crippen LogP contribution in [0.2, 0.25) is 0 Å². The Kier molecular flexibility index (Phi) is 5.14. The second-order valence-corrected chi connectivity index (χ2v) is 13.2. The Morgan fingerprint density at radius 3 is 2.41 bits per heavy atom. The highest BCUT2D eigenvalue weighted by molar-refractivity contribution is 6.01. The van der Waals surface area contributed by atoms with Gasteiger partial charge >= 0.3 is 5.97 Å². The van der Waals surface area contributed by atoms with Crippen molar-refractivity contribution >= 4 is 11.8 Å². The molecular formula is C28H38F2O4. The zero-order valence-corrected chi connectivity index (χ0v) is 21.1. The number of hydrogen-bond donors (Lipinski definition) is 1. The van der Waals surface area contributed by atoms with E-state index in [-0.39, 0.29) is 58.6 Å². The normalized spacial score (nSPS) is 46.4. The van der Waals surface area contributed by atoms with Crippen LogP contribution in [0.1, 0.15) is 67.2 Å². The van der Waals surface area contributed by atoms with Gasteiger partial charge < -0.3 is 9.84 Å². The molecular weight excluding hydrogens is 438 g/mol. The Hall–Kier alpha value is -1.56. The summed E-state index contributed by atoms with van der Waals surface area (Å²) in [7, 11) is 0. The van der Waals surface area contributed by atoms with Crippen molar-refractivity contribution in [1.82, 2.24) is 0 Å². The van der Waals surface area contributed by atoms with E-state index in [0.717, 1.165) is 5.57 Å². The van der Waals surface area contributed by atoms with Gasteiger partial charge in [-0.25, -0.2) is 8.78 Å². The first-order valence-electron chi connectivity index (χ1n) is 12.8. The molecule has 0 aromatic carbocycles. The Balaban J connectivity index is 1.49. The molecule has 0 spiro atoms. The van der Waals surface area contributed by atoms with E-state index in [9.17, 15) is 14.7 Å². The lowest BCUT2D eigenvalue weighted by atomic mass is 9.47. The van der Waals surface area contributed by atoms with Gasteiger partial charge in [0.1, 0.15) is 6.10 Å². The molecule has 0 bridgehead atoms. The largest absolute Gasteiger partial charge is 0.461 e. The molecule has 0 aromatic heterocycles. The number of aliphatic hydroxyl groups excluding tert-OH is 1. The molecule has 8 atom stereocenters. The minimum atomic E-state index is -2.69. The average Bonchev–Trinajstić information content (AvgIpc) is 2.98. The summed E-state index contributed by atoms with van der Waals surface area (Å²) in [6.45, 7) is 12.0. The molecule has 0 unspecified atom stereocenters. The molecule has 5 aliphatic carbocycles. The molecule has 5 aliphatic rings. The van der Waals surface area contributed by atoms with Gasteiger partial charge in [-0.3, -0.25) is 9.59 Å². The summed E-state index contributed by atoms with van der Waals surface area (Å²) in [5.74, 6) is -1.61. The third-order valence-corrected chi connectivity index (χ3v) is 11.3. The van der Waals surface area contributed by atoms with Crippen LogP contribution in [-0.4, -0.2) is 35.5 Å². The summed E-state index contributed by atoms with van der Waals surface area (Å²) in [5, 5.41) is 11.4. The molecule has 0 aliphatic heterocycles. The highest BCUT2D eigenvalue weighted by Crippen LogP contribution is 2.70. The molecule has 6 heteroatoms. The molecule has 188 valence electrons. The Morgan fingerprint density at radius 1 is 1.18 bits per heavy atom. The lowest BCUT2D eigenvalue weighted by Gasteiger charge is -2.58. The molecule has 1 N–H and O–H groups in total. The maximum atomic E-state index is 15.1. The molecule has 5 rings (SSSR count). The lowest BCUT2D eigenvalue weighted by molar-refractivity contribution is -0.206. The van der Waals surface area contributed by atoms with Crippen molar-refractivity contribution < 1.29 is 28.2 Å². The van der Waals surface area contributed by atoms with E-state index in [1.54, 1.807) is 12.2 Å². The fourth-order valence-corrected chi connectivity index (χ4v) is 8.88. The number of halogens is 2. The van der Waals surface area contributed by atoms with Crippen molar-refractivity contribution in [3.8, 4) is 0 Å². The van der Waals surface area contributed by atoms with Gasteiger partial charge in [-0.15, -0.1) is 0 Å². The summed E-state index contributed by atoms with van der Waals surface area (Å²) in [6.07, 6.45) is 2.36. The predicted octanol–water partition coefficient (Wildman–Crippen LogP) is 5.35. The summed E-state index contributed by atoms with van der Waals surface area (Å²) in [6, 6.07) is 0. The van der Waals surface area contributed by atoms with Gasteiger partial charge in [0.2, 0.25) is 6.43 Å². The third kappa shape index (κ3) is 2.90. The first-order valence-corrected chi connectivity index (χ1v) is 12.8. The summed E-state index contributed by atoms with van der Waals surface area (Å²) < 4.78 is 36.2. The minimum Gasteiger partial charge on any atom is -0.461 e. The van der Waals surface area contributed by atoms with Gasteiger partial charge in [-0.05, 0) is 66.4 Å². The standard InChI is InChI=1S/C28H38F2O4/c1-14-11-18-17-8-7-15-12-16(31)9-10-27(15,6)20(17)19(32)13-28(18,24(29)30)22(14)34-23(33)21-25(2,3)26(21,4)5/h9-10,12,14,17-22,24,32H,7-8,11,13H2,1-6H3/t14-,17+,18+,19+,20-,22-,27+,28-/m1/s1. The Labute approximate surface area is 201 Å². The summed E-state index contributed by atoms with van der Waals surface area (Å²) in [5.41, 5.74) is -1.51. The minimum absolute atomic E-state index is 0.0504. The number of esters is 1. The van der Waals surface area contributed by atoms with Crippen LogP contribution >= 0.6 is 0 Å². The predicted molar refractivity (Wildman–Crippen MR) is 124 cm³/mol. The molecule has 0 heterocycles. The molecule has 4 nitrogen and oxygen atoms in total. The number of carbonyl (C=O) groups is 2. The van der Waals surface area contributed by atoms with Crippen LogP contribution in [0.5, 0.6) is 0 Å². The Bertz CT molecular complexity index is 967. The van der Waals surface area contributed by atoms with Gasteiger partial charge in [0.15, 0.2) is 5.78 Å². The van der Waals surface area contributed by atoms with Crippen molar-refractivity contribution in [2.45, 2.75) is 85.9 Å². The first-order chi connectivity index (χ1) is 15.7. The number of carbonyl (C=O) groups excluding carboxylic acids is 2. The van der Waals surface area contributed by atoms with Crippen LogP contribution in [0.15, 0.2) is 23.8 Å². The van der Waals surface area contributed by atoms with Gasteiger partial charge in [0.25, 0.3) is 0 Å². The number of hydrogen-bond acceptors (Lipinski definition) is 4. The molecule has 0 amide bonds. The SMILES string of the molecule is C[C@@H]1C[C@H]2[C@@H]3CCC4=CC(=O)C=C[C@]4(C)[C@H]3[C@@H](O)C[C@]2(C(F)F)[C@@H]1OC(=O)C1C(C)(C)C1(C)C. The van der Waals surface area contributed by atoms with Gasteiger partial charge in [-0.2, -0.15) is 0 Å². The number of ether oxygens (including phenoxy) is 1. The second-order valence-electron chi connectivity index (χ2n) is 13.2. The maximum absolute atomic E-state index is 15.1. The first kappa shape index (κ1) is 24.1. The third-order valence-electron chi connectivity index (χ3n) is 11.3. The molecule has 4 saturated carbocycles. The quantitative estimate of drug-likeness (QED) is 0.558. The lowest BCUT2D eigenvalue weighted by Crippen LogP contribution is -2.60. The molecule has 0 radical (unpaired) electrons. The van der Waals surface area contributed by atoms with E-state index in [1.807, 2.05) is 47.6 Å². The van der Waals surface area contributed by atoms with E-state index in [0.29, 0.717) is 19.3 Å². The second kappa shape index (κ2) is 7.24. The van der Waals surface area contributed by atoms with E-state index >= 15 is 8.78 Å². The monoisotopic (exact) mass is 476 g/mol. The summed E-state index contributed by atoms with van der Waals surface area (Å²) in [4.78, 5) is 25.2. The van der Waals surface area contributed by atoms with Crippen molar-refractivity contribution in [3.05, 3.63) is 23.8 Å². The summed E-state index contributed by atoms with van der Waals surface area (Å²) >= 11 is 0. The highest BCUT2D eigenvalue weighted by atomic mass is 19.3. The Morgan fingerprint density at radius 2 is 1.82 bits per heavy atom. The van der Waals surface area contributed by atoms with Crippen molar-refractivity contribution in [2.75, 3.05) is 0 Å². The van der Waals surface area contributed by atoms with Gasteiger partial charge in [0.05, 0.1) is 17.4 Å². The van der Waals surface area contributed by atoms with Crippen LogP contribution in [0.3, 0.4) is 0 Å². The zero-order valence-electron chi connectivity index (χ0n) is 21.1. The van der Waals surface area contributed by atoms with Crippen molar-refractivity contribution in [1.29, 1.82) is 0 Å². The maximum Gasteiger partial charge on any atom is 0.310 e. The number of fused-ring (bicyclic) bond motifs is 5. The number of aliphatic hydroxyl groups is 1. The number of rotatable bonds is 3. The van der Waals surface area contributed by atoms with Gasteiger partial charge in [-0.1, -0.05) is 53.2 Å². The molecule has 0 aromatic rings. The van der Waals surface area contributed by atoms with Crippen LogP contribution in [-0.2, 0) is 14.3 Å². The van der Waals surface area contributed by atoms with Crippen LogP contribution < -0.4 is 0 Å². The van der Waals surface area contributed by atoms with Crippen molar-refractivity contribution in [3.63, 3.8) is 0 Å². The number of allylic oxidation sites excluding steroid dienone is 4. The van der Waals surface area contributed by atoms with E-state index < -0.39 is 29.5 Å². The van der Waals surface area contributed by atoms with Crippen LogP contribution in [0.25, 0.3) is 0 Å². The molecule has 4 fully saturated rings. The fraction of sp³-hybridized carbons (Fsp3) is 0.786. The van der Waals surface area contributed by atoms with Gasteiger partial charge in [0, 0.05) is 11.3 Å². The number of ketones is 1. The molecule has 34 heavy (non-hydrogen) atoms. The van der Waals surface area contributed by atoms with Crippen molar-refractivity contribution in [2.24, 2.45) is 51.2 Å². The number of alkyl halides is 2. The average molecular weight is 477 g/mol. The topological polar surface area (TPSA) is 63.6 Å².